The van der Waals surface area contributed by atoms with Crippen molar-refractivity contribution in [3.8, 4) is 11.1 Å². The second-order valence-electron chi connectivity index (χ2n) is 8.23. The second-order valence-corrected chi connectivity index (χ2v) is 8.23. The summed E-state index contributed by atoms with van der Waals surface area (Å²) >= 11 is 0. The minimum atomic E-state index is -0.311. The number of carbonyl (C=O) groups is 1. The van der Waals surface area contributed by atoms with Crippen molar-refractivity contribution in [3.05, 3.63) is 84.2 Å². The fraction of sp³-hybridized carbons (Fsp3) is 0.280. The lowest BCUT2D eigenvalue weighted by molar-refractivity contribution is 0.0865. The monoisotopic (exact) mass is 415 g/mol. The summed E-state index contributed by atoms with van der Waals surface area (Å²) in [6, 6.07) is 19.7. The summed E-state index contributed by atoms with van der Waals surface area (Å²) < 4.78 is 0. The number of rotatable bonds is 6. The average molecular weight is 416 g/mol. The van der Waals surface area contributed by atoms with Crippen molar-refractivity contribution in [2.45, 2.75) is 18.6 Å². The summed E-state index contributed by atoms with van der Waals surface area (Å²) in [5.74, 6) is -0.106. The molecule has 1 amide bonds. The van der Waals surface area contributed by atoms with Gasteiger partial charge < -0.3 is 16.0 Å². The van der Waals surface area contributed by atoms with Gasteiger partial charge in [-0.15, -0.1) is 0 Å². The molecule has 2 atom stereocenters. The number of benzene rings is 2. The summed E-state index contributed by atoms with van der Waals surface area (Å²) in [5, 5.41) is 3.24. The van der Waals surface area contributed by atoms with Crippen molar-refractivity contribution in [3.63, 3.8) is 0 Å². The quantitative estimate of drug-likeness (QED) is 0.604. The highest BCUT2D eigenvalue weighted by Gasteiger charge is 2.32. The third-order valence-corrected chi connectivity index (χ3v) is 5.97. The number of likely N-dealkylation sites (tertiary alicyclic amines) is 1. The molecule has 1 aliphatic rings. The number of aromatic nitrogens is 1. The number of nitrogens with two attached hydrogens (primary N) is 1. The first kappa shape index (κ1) is 21.0. The van der Waals surface area contributed by atoms with Crippen molar-refractivity contribution in [2.75, 3.05) is 32.9 Å². The minimum absolute atomic E-state index is 0.106. The topological polar surface area (TPSA) is 74.5 Å². The van der Waals surface area contributed by atoms with Gasteiger partial charge in [0.1, 0.15) is 6.17 Å². The Morgan fingerprint density at radius 2 is 1.94 bits per heavy atom. The summed E-state index contributed by atoms with van der Waals surface area (Å²) in [6.45, 7) is 1.75. The van der Waals surface area contributed by atoms with Gasteiger partial charge in [0.05, 0.1) is 0 Å². The molecule has 1 saturated heterocycles. The van der Waals surface area contributed by atoms with Gasteiger partial charge in [0.15, 0.2) is 0 Å². The Kier molecular flexibility index (Phi) is 6.30. The van der Waals surface area contributed by atoms with Crippen LogP contribution in [-0.2, 0) is 0 Å². The van der Waals surface area contributed by atoms with Gasteiger partial charge in [0.2, 0.25) is 0 Å². The maximum atomic E-state index is 13.1. The van der Waals surface area contributed by atoms with E-state index in [1.165, 1.54) is 0 Å². The van der Waals surface area contributed by atoms with Gasteiger partial charge in [-0.1, -0.05) is 30.3 Å². The molecule has 2 heterocycles. The fourth-order valence-corrected chi connectivity index (χ4v) is 4.11. The zero-order valence-electron chi connectivity index (χ0n) is 18.0. The van der Waals surface area contributed by atoms with Crippen LogP contribution in [-0.4, -0.2) is 53.9 Å². The number of likely N-dealkylation sites (N-methyl/N-ethyl adjacent to an activating group) is 1. The van der Waals surface area contributed by atoms with Crippen LogP contribution >= 0.6 is 0 Å². The number of nitrogens with one attached hydrogen (secondary N) is 1. The van der Waals surface area contributed by atoms with Crippen LogP contribution in [0.5, 0.6) is 0 Å². The molecule has 0 unspecified atom stereocenters. The van der Waals surface area contributed by atoms with Crippen molar-refractivity contribution in [1.29, 1.82) is 0 Å². The van der Waals surface area contributed by atoms with Crippen LogP contribution < -0.4 is 11.1 Å². The van der Waals surface area contributed by atoms with E-state index in [4.69, 9.17) is 5.73 Å². The van der Waals surface area contributed by atoms with E-state index in [1.54, 1.807) is 6.20 Å². The molecule has 3 N–H and O–H groups in total. The molecule has 31 heavy (non-hydrogen) atoms. The Morgan fingerprint density at radius 1 is 1.13 bits per heavy atom. The fourth-order valence-electron chi connectivity index (χ4n) is 4.11. The molecular weight excluding hydrogens is 386 g/mol. The summed E-state index contributed by atoms with van der Waals surface area (Å²) in [4.78, 5) is 21.9. The highest BCUT2D eigenvalue weighted by atomic mass is 16.1. The predicted octanol–water partition coefficient (Wildman–Crippen LogP) is 3.40. The predicted molar refractivity (Wildman–Crippen MR) is 124 cm³/mol. The van der Waals surface area contributed by atoms with Gasteiger partial charge in [-0.25, -0.2) is 0 Å². The number of hydrogen-bond acceptors (Lipinski definition) is 5. The highest BCUT2D eigenvalue weighted by molar-refractivity contribution is 5.94. The van der Waals surface area contributed by atoms with E-state index in [2.05, 4.69) is 40.3 Å². The van der Waals surface area contributed by atoms with Gasteiger partial charge in [0.25, 0.3) is 5.91 Å². The third-order valence-electron chi connectivity index (χ3n) is 5.97. The van der Waals surface area contributed by atoms with E-state index >= 15 is 0 Å². The molecule has 0 aliphatic carbocycles. The number of nitrogen functional groups attached to an aromatic ring is 1. The largest absolute Gasteiger partial charge is 0.398 e. The summed E-state index contributed by atoms with van der Waals surface area (Å²) in [6.07, 6.45) is 4.34. The van der Waals surface area contributed by atoms with Crippen LogP contribution in [0.3, 0.4) is 0 Å². The van der Waals surface area contributed by atoms with Crippen LogP contribution in [0.2, 0.25) is 0 Å². The Morgan fingerprint density at radius 3 is 2.61 bits per heavy atom. The standard InChI is InChI=1S/C25H29N5O/c1-29(2)21-12-14-30(17-21)24(28-25(31)18-7-4-3-5-8-18)22-15-19(10-11-23(22)26)20-9-6-13-27-16-20/h3-11,13,15-16,21,24H,12,14,17,26H2,1-2H3,(H,28,31)/t21-,24-/m1/s1. The molecule has 0 spiro atoms. The molecule has 1 aromatic heterocycles. The second kappa shape index (κ2) is 9.29. The summed E-state index contributed by atoms with van der Waals surface area (Å²) in [5.41, 5.74) is 10.7. The van der Waals surface area contributed by atoms with Gasteiger partial charge >= 0.3 is 0 Å². The maximum Gasteiger partial charge on any atom is 0.252 e. The number of anilines is 1. The van der Waals surface area contributed by atoms with Crippen LogP contribution in [0.1, 0.15) is 28.5 Å². The molecule has 6 heteroatoms. The van der Waals surface area contributed by atoms with Crippen LogP contribution in [0.4, 0.5) is 5.69 Å². The Hall–Kier alpha value is -3.22. The lowest BCUT2D eigenvalue weighted by Crippen LogP contribution is -2.42. The SMILES string of the molecule is CN(C)[C@@H]1CCN([C@@H](NC(=O)c2ccccc2)c2cc(-c3cccnc3)ccc2N)C1. The Labute approximate surface area is 183 Å². The molecule has 3 aromatic rings. The molecule has 1 fully saturated rings. The lowest BCUT2D eigenvalue weighted by atomic mass is 10.0. The van der Waals surface area contributed by atoms with Crippen LogP contribution in [0.15, 0.2) is 73.1 Å². The number of amides is 1. The number of nitrogens with zero attached hydrogens (tertiary/aromatic N) is 3. The molecule has 0 radical (unpaired) electrons. The molecule has 1 aliphatic heterocycles. The van der Waals surface area contributed by atoms with Crippen molar-refractivity contribution < 1.29 is 4.79 Å². The molecule has 6 nitrogen and oxygen atoms in total. The van der Waals surface area contributed by atoms with E-state index in [0.29, 0.717) is 17.3 Å². The molecule has 0 saturated carbocycles. The lowest BCUT2D eigenvalue weighted by Gasteiger charge is -2.31. The maximum absolute atomic E-state index is 13.1. The number of hydrogen-bond donors (Lipinski definition) is 2. The average Bonchev–Trinajstić information content (AvgIpc) is 3.29. The molecule has 160 valence electrons. The minimum Gasteiger partial charge on any atom is -0.398 e. The summed E-state index contributed by atoms with van der Waals surface area (Å²) in [7, 11) is 4.20. The van der Waals surface area contributed by atoms with Gasteiger partial charge in [0, 0.05) is 53.9 Å². The van der Waals surface area contributed by atoms with Crippen molar-refractivity contribution >= 4 is 11.6 Å². The third kappa shape index (κ3) is 4.76. The molecule has 0 bridgehead atoms. The first-order valence-corrected chi connectivity index (χ1v) is 10.6. The molecule has 4 rings (SSSR count). The van der Waals surface area contributed by atoms with E-state index in [-0.39, 0.29) is 12.1 Å². The van der Waals surface area contributed by atoms with Gasteiger partial charge in [-0.2, -0.15) is 0 Å². The highest BCUT2D eigenvalue weighted by Crippen LogP contribution is 2.32. The van der Waals surface area contributed by atoms with E-state index in [0.717, 1.165) is 36.2 Å². The number of carbonyl (C=O) groups excluding carboxylic acids is 1. The first-order chi connectivity index (χ1) is 15.0. The number of pyridine rings is 1. The first-order valence-electron chi connectivity index (χ1n) is 10.6. The van der Waals surface area contributed by atoms with Crippen LogP contribution in [0, 0.1) is 0 Å². The Bertz CT molecular complexity index is 1020. The Balaban J connectivity index is 1.69. The zero-order valence-corrected chi connectivity index (χ0v) is 18.0. The van der Waals surface area contributed by atoms with Crippen molar-refractivity contribution in [1.82, 2.24) is 20.1 Å². The van der Waals surface area contributed by atoms with Gasteiger partial charge in [-0.05, 0) is 56.4 Å². The van der Waals surface area contributed by atoms with E-state index in [1.807, 2.05) is 60.8 Å². The van der Waals surface area contributed by atoms with Crippen molar-refractivity contribution in [2.24, 2.45) is 0 Å². The normalized spacial score (nSPS) is 17.6. The molecular formula is C25H29N5O. The smallest absolute Gasteiger partial charge is 0.252 e. The van der Waals surface area contributed by atoms with Gasteiger partial charge in [-0.3, -0.25) is 14.7 Å². The molecule has 2 aromatic carbocycles. The van der Waals surface area contributed by atoms with E-state index < -0.39 is 0 Å². The van der Waals surface area contributed by atoms with Crippen LogP contribution in [0.25, 0.3) is 11.1 Å². The van der Waals surface area contributed by atoms with E-state index in [9.17, 15) is 4.79 Å². The zero-order chi connectivity index (χ0) is 21.8.